The minimum atomic E-state index is -0.617. The van der Waals surface area contributed by atoms with E-state index in [2.05, 4.69) is 21.9 Å². The fourth-order valence-electron chi connectivity index (χ4n) is 4.72. The van der Waals surface area contributed by atoms with Crippen molar-refractivity contribution in [2.75, 3.05) is 31.6 Å². The Bertz CT molecular complexity index is 796. The van der Waals surface area contributed by atoms with Crippen LogP contribution in [0.5, 0.6) is 5.75 Å². The van der Waals surface area contributed by atoms with Crippen LogP contribution in [-0.2, 0) is 0 Å². The van der Waals surface area contributed by atoms with Crippen LogP contribution in [0.3, 0.4) is 0 Å². The molecule has 4 N–H and O–H groups in total. The van der Waals surface area contributed by atoms with Gasteiger partial charge in [0.2, 0.25) is 11.9 Å². The predicted octanol–water partition coefficient (Wildman–Crippen LogP) is 2.66. The van der Waals surface area contributed by atoms with E-state index in [1.54, 1.807) is 6.07 Å². The van der Waals surface area contributed by atoms with Gasteiger partial charge >= 0.3 is 0 Å². The molecule has 2 aliphatic heterocycles. The third-order valence-electron chi connectivity index (χ3n) is 6.34. The van der Waals surface area contributed by atoms with Gasteiger partial charge in [-0.25, -0.2) is 9.38 Å². The molecule has 1 aromatic carbocycles. The molecule has 1 saturated carbocycles. The van der Waals surface area contributed by atoms with Crippen molar-refractivity contribution >= 4 is 17.6 Å². The quantitative estimate of drug-likeness (QED) is 0.808. The van der Waals surface area contributed by atoms with Crippen molar-refractivity contribution in [3.8, 4) is 5.75 Å². The smallest absolute Gasteiger partial charge is 0.220 e. The number of benzene rings is 1. The molecule has 1 spiro atoms. The number of rotatable bonds is 4. The van der Waals surface area contributed by atoms with Crippen LogP contribution >= 0.6 is 0 Å². The van der Waals surface area contributed by atoms with Crippen LogP contribution < -0.4 is 21.1 Å². The lowest BCUT2D eigenvalue weighted by Crippen LogP contribution is -2.58. The van der Waals surface area contributed by atoms with Gasteiger partial charge in [0.1, 0.15) is 5.66 Å². The van der Waals surface area contributed by atoms with Gasteiger partial charge in [-0.1, -0.05) is 12.5 Å². The largest absolute Gasteiger partial charge is 0.488 e. The van der Waals surface area contributed by atoms with Crippen molar-refractivity contribution in [2.45, 2.75) is 50.6 Å². The van der Waals surface area contributed by atoms with E-state index in [1.165, 1.54) is 6.07 Å². The molecule has 1 saturated heterocycles. The highest BCUT2D eigenvalue weighted by Crippen LogP contribution is 2.43. The van der Waals surface area contributed by atoms with E-state index in [0.717, 1.165) is 58.0 Å². The van der Waals surface area contributed by atoms with Crippen LogP contribution in [0.15, 0.2) is 28.2 Å². The Balaban J connectivity index is 1.63. The normalized spacial score (nSPS) is 23.0. The number of para-hydroxylation sites is 1. The zero-order chi connectivity index (χ0) is 20.4. The summed E-state index contributed by atoms with van der Waals surface area (Å²) in [5, 5.41) is 0. The summed E-state index contributed by atoms with van der Waals surface area (Å²) in [5.74, 6) is 0.685. The minimum Gasteiger partial charge on any atom is -0.488 e. The minimum absolute atomic E-state index is 0.186. The monoisotopic (exact) mass is 402 g/mol. The van der Waals surface area contributed by atoms with Crippen LogP contribution in [0, 0.1) is 11.7 Å². The van der Waals surface area contributed by atoms with Crippen molar-refractivity contribution < 1.29 is 9.13 Å². The fraction of sp³-hybridized carbons (Fsp3) is 0.619. The number of guanidine groups is 2. The van der Waals surface area contributed by atoms with Crippen LogP contribution in [0.1, 0.15) is 44.9 Å². The number of anilines is 1. The summed E-state index contributed by atoms with van der Waals surface area (Å²) in [5.41, 5.74) is 12.2. The molecular weight excluding hydrogens is 371 g/mol. The lowest BCUT2D eigenvalue weighted by molar-refractivity contribution is 0.157. The van der Waals surface area contributed by atoms with Crippen molar-refractivity contribution in [1.82, 2.24) is 4.90 Å². The van der Waals surface area contributed by atoms with E-state index in [4.69, 9.17) is 16.2 Å². The maximum Gasteiger partial charge on any atom is 0.220 e. The Kier molecular flexibility index (Phi) is 5.63. The summed E-state index contributed by atoms with van der Waals surface area (Å²) in [7, 11) is 2.13. The first-order chi connectivity index (χ1) is 14.0. The van der Waals surface area contributed by atoms with Gasteiger partial charge in [0.25, 0.3) is 0 Å². The van der Waals surface area contributed by atoms with Gasteiger partial charge in [-0.05, 0) is 76.7 Å². The van der Waals surface area contributed by atoms with E-state index in [9.17, 15) is 4.39 Å². The Hall–Kier alpha value is -2.35. The third kappa shape index (κ3) is 4.03. The molecule has 0 atom stereocenters. The van der Waals surface area contributed by atoms with E-state index in [1.807, 2.05) is 11.0 Å². The third-order valence-corrected chi connectivity index (χ3v) is 6.34. The number of piperidine rings is 1. The van der Waals surface area contributed by atoms with Crippen molar-refractivity contribution in [3.63, 3.8) is 0 Å². The van der Waals surface area contributed by atoms with E-state index < -0.39 is 11.5 Å². The number of likely N-dealkylation sites (tertiary alicyclic amines) is 1. The number of halogens is 1. The second kappa shape index (κ2) is 8.18. The molecule has 0 bridgehead atoms. The second-order valence-electron chi connectivity index (χ2n) is 8.46. The molecule has 0 radical (unpaired) electrons. The Morgan fingerprint density at radius 2 is 1.90 bits per heavy atom. The highest BCUT2D eigenvalue weighted by Gasteiger charge is 2.44. The Morgan fingerprint density at radius 3 is 2.62 bits per heavy atom. The van der Waals surface area contributed by atoms with Gasteiger partial charge in [-0.2, -0.15) is 4.99 Å². The summed E-state index contributed by atoms with van der Waals surface area (Å²) in [6.07, 6.45) is 6.88. The molecule has 8 heteroatoms. The van der Waals surface area contributed by atoms with Gasteiger partial charge in [-0.3, -0.25) is 4.90 Å². The van der Waals surface area contributed by atoms with Gasteiger partial charge in [0, 0.05) is 0 Å². The number of hydrogen-bond donors (Lipinski definition) is 2. The zero-order valence-corrected chi connectivity index (χ0v) is 17.1. The first-order valence-corrected chi connectivity index (χ1v) is 10.6. The van der Waals surface area contributed by atoms with Crippen LogP contribution in [0.25, 0.3) is 0 Å². The van der Waals surface area contributed by atoms with Gasteiger partial charge in [-0.15, -0.1) is 0 Å². The molecule has 3 aliphatic rings. The second-order valence-corrected chi connectivity index (χ2v) is 8.46. The maximum absolute atomic E-state index is 14.9. The molecule has 2 fully saturated rings. The van der Waals surface area contributed by atoms with Crippen molar-refractivity contribution in [2.24, 2.45) is 27.4 Å². The number of nitrogens with zero attached hydrogens (tertiary/aromatic N) is 4. The number of aliphatic imine (C=N–C) groups is 2. The molecule has 7 nitrogen and oxygen atoms in total. The van der Waals surface area contributed by atoms with Gasteiger partial charge in [0.05, 0.1) is 12.3 Å². The lowest BCUT2D eigenvalue weighted by atomic mass is 9.87. The standard InChI is InChI=1S/C21H31FN6O/c1-27-12-8-15(9-13-27)14-29-18-16(22)6-5-7-17(18)28-20(24)25-19(23)26-21(28)10-3-2-4-11-21/h5-7,15H,2-4,8-14H2,1H3,(H4,23,24,25,26). The molecule has 0 aromatic heterocycles. The SMILES string of the molecule is CN1CCC(COc2c(F)cccc2N2C(N)=NC(N)=NC23CCCCC3)CC1. The van der Waals surface area contributed by atoms with Crippen LogP contribution in [-0.4, -0.2) is 49.2 Å². The fourth-order valence-corrected chi connectivity index (χ4v) is 4.72. The molecule has 4 rings (SSSR count). The highest BCUT2D eigenvalue weighted by molar-refractivity contribution is 6.06. The summed E-state index contributed by atoms with van der Waals surface area (Å²) in [6, 6.07) is 4.94. The summed E-state index contributed by atoms with van der Waals surface area (Å²) >= 11 is 0. The molecule has 0 unspecified atom stereocenters. The molecular formula is C21H31FN6O. The summed E-state index contributed by atoms with van der Waals surface area (Å²) in [4.78, 5) is 13.0. The summed E-state index contributed by atoms with van der Waals surface area (Å²) < 4.78 is 21.0. The first kappa shape index (κ1) is 19.9. The van der Waals surface area contributed by atoms with Gasteiger partial charge < -0.3 is 21.1 Å². The summed E-state index contributed by atoms with van der Waals surface area (Å²) in [6.45, 7) is 2.58. The van der Waals surface area contributed by atoms with Crippen LogP contribution in [0.4, 0.5) is 10.1 Å². The average Bonchev–Trinajstić information content (AvgIpc) is 2.69. The predicted molar refractivity (Wildman–Crippen MR) is 114 cm³/mol. The van der Waals surface area contributed by atoms with E-state index >= 15 is 0 Å². The van der Waals surface area contributed by atoms with Crippen molar-refractivity contribution in [3.05, 3.63) is 24.0 Å². The number of ether oxygens (including phenoxy) is 1. The van der Waals surface area contributed by atoms with Crippen molar-refractivity contribution in [1.29, 1.82) is 0 Å². The number of nitrogens with two attached hydrogens (primary N) is 2. The van der Waals surface area contributed by atoms with Gasteiger partial charge in [0.15, 0.2) is 11.6 Å². The molecule has 29 heavy (non-hydrogen) atoms. The number of hydrogen-bond acceptors (Lipinski definition) is 7. The lowest BCUT2D eigenvalue weighted by Gasteiger charge is -2.46. The Labute approximate surface area is 171 Å². The first-order valence-electron chi connectivity index (χ1n) is 10.6. The zero-order valence-electron chi connectivity index (χ0n) is 17.1. The molecule has 0 amide bonds. The molecule has 2 heterocycles. The highest BCUT2D eigenvalue weighted by atomic mass is 19.1. The van der Waals surface area contributed by atoms with E-state index in [0.29, 0.717) is 18.2 Å². The van der Waals surface area contributed by atoms with Crippen LogP contribution in [0.2, 0.25) is 0 Å². The topological polar surface area (TPSA) is 92.5 Å². The molecule has 1 aliphatic carbocycles. The average molecular weight is 403 g/mol. The maximum atomic E-state index is 14.9. The van der Waals surface area contributed by atoms with E-state index in [-0.39, 0.29) is 17.7 Å². The molecule has 1 aromatic rings. The Morgan fingerprint density at radius 1 is 1.17 bits per heavy atom. The molecule has 158 valence electrons.